The fourth-order valence-electron chi connectivity index (χ4n) is 3.49. The Hall–Kier alpha value is -3.59. The zero-order chi connectivity index (χ0) is 25.4. The van der Waals surface area contributed by atoms with Crippen LogP contribution in [0.2, 0.25) is 0 Å². The second-order valence-electron chi connectivity index (χ2n) is 7.94. The molecule has 0 unspecified atom stereocenters. The summed E-state index contributed by atoms with van der Waals surface area (Å²) in [7, 11) is -1.21. The number of halogens is 1. The highest BCUT2D eigenvalue weighted by molar-refractivity contribution is 7.92. The van der Waals surface area contributed by atoms with Gasteiger partial charge < -0.3 is 14.8 Å². The summed E-state index contributed by atoms with van der Waals surface area (Å²) in [6.07, 6.45) is 1.29. The minimum Gasteiger partial charge on any atom is -0.493 e. The number of carbonyl (C=O) groups excluding carboxylic acids is 1. The van der Waals surface area contributed by atoms with E-state index in [9.17, 15) is 17.6 Å². The molecule has 0 heterocycles. The Balaban J connectivity index is 1.76. The zero-order valence-corrected chi connectivity index (χ0v) is 20.8. The number of amides is 1. The van der Waals surface area contributed by atoms with Gasteiger partial charge in [-0.3, -0.25) is 9.10 Å². The molecule has 0 atom stereocenters. The number of methoxy groups -OCH3 is 2. The Morgan fingerprint density at radius 1 is 0.943 bits per heavy atom. The van der Waals surface area contributed by atoms with Gasteiger partial charge >= 0.3 is 0 Å². The SMILES string of the molecule is COc1ccc(S(=O)(=O)N(CC(=O)NCCCc2ccc(F)cc2)c2ccc(C)cc2)cc1OC. The predicted octanol–water partition coefficient (Wildman–Crippen LogP) is 4.10. The normalized spacial score (nSPS) is 11.1. The molecule has 0 fully saturated rings. The first-order chi connectivity index (χ1) is 16.7. The highest BCUT2D eigenvalue weighted by Crippen LogP contribution is 2.32. The molecule has 35 heavy (non-hydrogen) atoms. The fourth-order valence-corrected chi connectivity index (χ4v) is 4.92. The lowest BCUT2D eigenvalue weighted by atomic mass is 10.1. The van der Waals surface area contributed by atoms with Crippen LogP contribution in [0.25, 0.3) is 0 Å². The van der Waals surface area contributed by atoms with Gasteiger partial charge in [0.1, 0.15) is 12.4 Å². The van der Waals surface area contributed by atoms with Crippen LogP contribution in [0.4, 0.5) is 10.1 Å². The van der Waals surface area contributed by atoms with Crippen LogP contribution < -0.4 is 19.1 Å². The van der Waals surface area contributed by atoms with Crippen LogP contribution in [0.3, 0.4) is 0 Å². The van der Waals surface area contributed by atoms with Crippen molar-refractivity contribution in [2.75, 3.05) is 31.6 Å². The van der Waals surface area contributed by atoms with Crippen molar-refractivity contribution in [3.05, 3.63) is 83.7 Å². The first-order valence-electron chi connectivity index (χ1n) is 11.1. The van der Waals surface area contributed by atoms with Crippen LogP contribution in [0.5, 0.6) is 11.5 Å². The molecule has 0 saturated carbocycles. The van der Waals surface area contributed by atoms with Crippen molar-refractivity contribution in [3.63, 3.8) is 0 Å². The summed E-state index contributed by atoms with van der Waals surface area (Å²) in [5.74, 6) is -0.0717. The van der Waals surface area contributed by atoms with Gasteiger partial charge in [0.15, 0.2) is 11.5 Å². The highest BCUT2D eigenvalue weighted by Gasteiger charge is 2.28. The van der Waals surface area contributed by atoms with E-state index in [4.69, 9.17) is 9.47 Å². The summed E-state index contributed by atoms with van der Waals surface area (Å²) in [6, 6.07) is 17.4. The molecule has 0 bridgehead atoms. The monoisotopic (exact) mass is 500 g/mol. The van der Waals surface area contributed by atoms with Gasteiger partial charge in [-0.1, -0.05) is 29.8 Å². The topological polar surface area (TPSA) is 84.9 Å². The molecule has 0 saturated heterocycles. The van der Waals surface area contributed by atoms with Crippen LogP contribution in [-0.4, -0.2) is 41.6 Å². The molecule has 0 aliphatic heterocycles. The minimum atomic E-state index is -4.10. The lowest BCUT2D eigenvalue weighted by Crippen LogP contribution is -2.41. The summed E-state index contributed by atoms with van der Waals surface area (Å²) >= 11 is 0. The van der Waals surface area contributed by atoms with E-state index in [-0.39, 0.29) is 16.5 Å². The molecular formula is C26H29FN2O5S. The molecular weight excluding hydrogens is 471 g/mol. The molecule has 3 aromatic carbocycles. The first kappa shape index (κ1) is 26.0. The van der Waals surface area contributed by atoms with Crippen LogP contribution >= 0.6 is 0 Å². The summed E-state index contributed by atoms with van der Waals surface area (Å²) in [5.41, 5.74) is 2.28. The molecule has 3 aromatic rings. The van der Waals surface area contributed by atoms with Crippen molar-refractivity contribution >= 4 is 21.6 Å². The Morgan fingerprint density at radius 2 is 1.60 bits per heavy atom. The molecule has 186 valence electrons. The number of ether oxygens (including phenoxy) is 2. The predicted molar refractivity (Wildman–Crippen MR) is 133 cm³/mol. The Morgan fingerprint density at radius 3 is 2.23 bits per heavy atom. The van der Waals surface area contributed by atoms with Crippen molar-refractivity contribution in [2.45, 2.75) is 24.7 Å². The largest absolute Gasteiger partial charge is 0.493 e. The van der Waals surface area contributed by atoms with Gasteiger partial charge in [-0.25, -0.2) is 12.8 Å². The molecule has 3 rings (SSSR count). The van der Waals surface area contributed by atoms with Crippen LogP contribution in [-0.2, 0) is 21.2 Å². The van der Waals surface area contributed by atoms with E-state index in [1.54, 1.807) is 36.4 Å². The summed E-state index contributed by atoms with van der Waals surface area (Å²) in [4.78, 5) is 12.7. The number of aryl methyl sites for hydroxylation is 2. The van der Waals surface area contributed by atoms with Gasteiger partial charge in [0.25, 0.3) is 10.0 Å². The Labute approximate surface area is 205 Å². The maximum atomic E-state index is 13.6. The van der Waals surface area contributed by atoms with Gasteiger partial charge in [-0.2, -0.15) is 0 Å². The van der Waals surface area contributed by atoms with E-state index in [0.29, 0.717) is 30.8 Å². The maximum Gasteiger partial charge on any atom is 0.264 e. The van der Waals surface area contributed by atoms with Gasteiger partial charge in [0.2, 0.25) is 5.91 Å². The lowest BCUT2D eigenvalue weighted by molar-refractivity contribution is -0.119. The average molecular weight is 501 g/mol. The fraction of sp³-hybridized carbons (Fsp3) is 0.269. The summed E-state index contributed by atoms with van der Waals surface area (Å²) in [5, 5.41) is 2.78. The number of nitrogens with zero attached hydrogens (tertiary/aromatic N) is 1. The van der Waals surface area contributed by atoms with E-state index in [1.807, 2.05) is 6.92 Å². The molecule has 0 aliphatic carbocycles. The Bertz CT molecular complexity index is 1250. The van der Waals surface area contributed by atoms with E-state index in [0.717, 1.165) is 15.4 Å². The molecule has 1 N–H and O–H groups in total. The summed E-state index contributed by atoms with van der Waals surface area (Å²) in [6.45, 7) is 1.86. The first-order valence-corrected chi connectivity index (χ1v) is 12.5. The van der Waals surface area contributed by atoms with E-state index >= 15 is 0 Å². The molecule has 0 radical (unpaired) electrons. The maximum absolute atomic E-state index is 13.6. The van der Waals surface area contributed by atoms with E-state index in [2.05, 4.69) is 5.32 Å². The smallest absolute Gasteiger partial charge is 0.264 e. The standard InChI is InChI=1S/C26H29FN2O5S/c1-19-6-12-22(13-7-19)29(35(31,32)23-14-15-24(33-2)25(17-23)34-3)18-26(30)28-16-4-5-20-8-10-21(27)11-9-20/h6-15,17H,4-5,16,18H2,1-3H3,(H,28,30). The van der Waals surface area contributed by atoms with Crippen LogP contribution in [0.15, 0.2) is 71.6 Å². The van der Waals surface area contributed by atoms with Gasteiger partial charge in [-0.15, -0.1) is 0 Å². The third-order valence-electron chi connectivity index (χ3n) is 5.43. The molecule has 9 heteroatoms. The third-order valence-corrected chi connectivity index (χ3v) is 7.20. The van der Waals surface area contributed by atoms with Crippen molar-refractivity contribution in [3.8, 4) is 11.5 Å². The molecule has 0 spiro atoms. The number of hydrogen-bond acceptors (Lipinski definition) is 5. The van der Waals surface area contributed by atoms with Crippen molar-refractivity contribution < 1.29 is 27.1 Å². The number of hydrogen-bond donors (Lipinski definition) is 1. The molecule has 0 aromatic heterocycles. The minimum absolute atomic E-state index is 0.0279. The van der Waals surface area contributed by atoms with Crippen molar-refractivity contribution in [2.24, 2.45) is 0 Å². The number of anilines is 1. The quantitative estimate of drug-likeness (QED) is 0.401. The number of benzene rings is 3. The van der Waals surface area contributed by atoms with E-state index in [1.165, 1.54) is 44.6 Å². The van der Waals surface area contributed by atoms with Gasteiger partial charge in [0.05, 0.1) is 24.8 Å². The Kier molecular flexibility index (Phi) is 8.70. The molecule has 0 aliphatic rings. The number of rotatable bonds is 11. The zero-order valence-electron chi connectivity index (χ0n) is 20.0. The van der Waals surface area contributed by atoms with Gasteiger partial charge in [0, 0.05) is 12.6 Å². The van der Waals surface area contributed by atoms with Crippen LogP contribution in [0, 0.1) is 12.7 Å². The number of nitrogens with one attached hydrogen (secondary N) is 1. The summed E-state index contributed by atoms with van der Waals surface area (Å²) < 4.78 is 51.7. The molecule has 1 amide bonds. The van der Waals surface area contributed by atoms with Gasteiger partial charge in [-0.05, 0) is 61.7 Å². The van der Waals surface area contributed by atoms with Crippen molar-refractivity contribution in [1.82, 2.24) is 5.32 Å². The average Bonchev–Trinajstić information content (AvgIpc) is 2.86. The van der Waals surface area contributed by atoms with Crippen molar-refractivity contribution in [1.29, 1.82) is 0 Å². The highest BCUT2D eigenvalue weighted by atomic mass is 32.2. The number of carbonyl (C=O) groups is 1. The van der Waals surface area contributed by atoms with Crippen LogP contribution in [0.1, 0.15) is 17.5 Å². The second-order valence-corrected chi connectivity index (χ2v) is 9.81. The number of sulfonamides is 1. The lowest BCUT2D eigenvalue weighted by Gasteiger charge is -2.24. The third kappa shape index (κ3) is 6.73. The van der Waals surface area contributed by atoms with E-state index < -0.39 is 22.5 Å². The second kappa shape index (κ2) is 11.7. The molecule has 7 nitrogen and oxygen atoms in total.